The van der Waals surface area contributed by atoms with E-state index >= 15 is 0 Å². The van der Waals surface area contributed by atoms with Crippen LogP contribution < -0.4 is 14.8 Å². The summed E-state index contributed by atoms with van der Waals surface area (Å²) < 4.78 is 38.4. The molecule has 9 nitrogen and oxygen atoms in total. The van der Waals surface area contributed by atoms with Gasteiger partial charge in [0.25, 0.3) is 0 Å². The highest BCUT2D eigenvalue weighted by Crippen LogP contribution is 2.33. The van der Waals surface area contributed by atoms with Gasteiger partial charge in [-0.05, 0) is 12.1 Å². The van der Waals surface area contributed by atoms with E-state index in [0.717, 1.165) is 6.42 Å². The van der Waals surface area contributed by atoms with Gasteiger partial charge in [-0.3, -0.25) is 9.59 Å². The highest BCUT2D eigenvalue weighted by Gasteiger charge is 2.30. The molecule has 0 spiro atoms. The van der Waals surface area contributed by atoms with Crippen molar-refractivity contribution in [3.8, 4) is 11.5 Å². The van der Waals surface area contributed by atoms with Crippen LogP contribution in [0, 0.1) is 0 Å². The molecule has 0 aromatic heterocycles. The van der Waals surface area contributed by atoms with Crippen molar-refractivity contribution in [3.05, 3.63) is 18.2 Å². The Bertz CT molecular complexity index is 834. The number of benzene rings is 1. The van der Waals surface area contributed by atoms with Crippen LogP contribution in [0.25, 0.3) is 0 Å². The number of piperazine rings is 1. The summed E-state index contributed by atoms with van der Waals surface area (Å²) in [6, 6.07) is 4.64. The maximum atomic E-state index is 13.0. The number of hydrogen-bond donors (Lipinski definition) is 1. The highest BCUT2D eigenvalue weighted by atomic mass is 32.2. The van der Waals surface area contributed by atoms with Gasteiger partial charge in [0, 0.05) is 58.6 Å². The van der Waals surface area contributed by atoms with Crippen molar-refractivity contribution in [1.82, 2.24) is 14.5 Å². The molecule has 2 aliphatic rings. The second-order valence-corrected chi connectivity index (χ2v) is 8.61. The van der Waals surface area contributed by atoms with Gasteiger partial charge in [-0.15, -0.1) is 0 Å². The molecule has 0 radical (unpaired) electrons. The molecule has 1 saturated heterocycles. The standard InChI is InChI=1S/C18H25N3O6S/c1-14(22)19-6-5-18(23)20-7-9-21(10-8-20)28(24,25)15-3-4-16-17(13-15)27-12-2-11-26-16/h3-4,13H,2,5-12H2,1H3,(H,19,22). The van der Waals surface area contributed by atoms with E-state index in [0.29, 0.717) is 37.8 Å². The van der Waals surface area contributed by atoms with Gasteiger partial charge < -0.3 is 19.7 Å². The van der Waals surface area contributed by atoms with E-state index in [2.05, 4.69) is 5.32 Å². The van der Waals surface area contributed by atoms with Crippen molar-refractivity contribution in [1.29, 1.82) is 0 Å². The van der Waals surface area contributed by atoms with Gasteiger partial charge in [-0.25, -0.2) is 8.42 Å². The normalized spacial score (nSPS) is 17.7. The van der Waals surface area contributed by atoms with Crippen molar-refractivity contribution in [2.75, 3.05) is 45.9 Å². The molecule has 1 aromatic rings. The lowest BCUT2D eigenvalue weighted by Crippen LogP contribution is -2.50. The van der Waals surface area contributed by atoms with Crippen LogP contribution in [0.4, 0.5) is 0 Å². The number of hydrogen-bond acceptors (Lipinski definition) is 6. The van der Waals surface area contributed by atoms with E-state index in [4.69, 9.17) is 9.47 Å². The smallest absolute Gasteiger partial charge is 0.243 e. The fourth-order valence-electron chi connectivity index (χ4n) is 3.13. The number of nitrogens with zero attached hydrogens (tertiary/aromatic N) is 2. The first-order chi connectivity index (χ1) is 13.4. The molecule has 28 heavy (non-hydrogen) atoms. The van der Waals surface area contributed by atoms with Gasteiger partial charge in [0.15, 0.2) is 11.5 Å². The zero-order chi connectivity index (χ0) is 20.1. The molecule has 2 aliphatic heterocycles. The third kappa shape index (κ3) is 4.74. The Morgan fingerprint density at radius 2 is 1.75 bits per heavy atom. The molecule has 0 unspecified atom stereocenters. The first-order valence-electron chi connectivity index (χ1n) is 9.30. The Hall–Kier alpha value is -2.33. The first-order valence-corrected chi connectivity index (χ1v) is 10.7. The lowest BCUT2D eigenvalue weighted by Gasteiger charge is -2.34. The van der Waals surface area contributed by atoms with Gasteiger partial charge in [0.1, 0.15) is 0 Å². The van der Waals surface area contributed by atoms with E-state index in [-0.39, 0.29) is 42.8 Å². The summed E-state index contributed by atoms with van der Waals surface area (Å²) in [7, 11) is -3.68. The summed E-state index contributed by atoms with van der Waals surface area (Å²) in [5, 5.41) is 2.58. The van der Waals surface area contributed by atoms with Crippen molar-refractivity contribution < 1.29 is 27.5 Å². The quantitative estimate of drug-likeness (QED) is 0.743. The van der Waals surface area contributed by atoms with Crippen LogP contribution >= 0.6 is 0 Å². The molecule has 0 aliphatic carbocycles. The maximum absolute atomic E-state index is 13.0. The predicted molar refractivity (Wildman–Crippen MR) is 101 cm³/mol. The van der Waals surface area contributed by atoms with Crippen LogP contribution in [-0.2, 0) is 19.6 Å². The number of amides is 2. The van der Waals surface area contributed by atoms with Gasteiger partial charge >= 0.3 is 0 Å². The average Bonchev–Trinajstić information content (AvgIpc) is 2.92. The van der Waals surface area contributed by atoms with Crippen LogP contribution in [-0.4, -0.2) is 75.4 Å². The molecule has 1 aromatic carbocycles. The van der Waals surface area contributed by atoms with E-state index in [1.165, 1.54) is 23.4 Å². The number of carbonyl (C=O) groups is 2. The number of rotatable bonds is 5. The second kappa shape index (κ2) is 8.78. The Morgan fingerprint density at radius 1 is 1.07 bits per heavy atom. The summed E-state index contributed by atoms with van der Waals surface area (Å²) >= 11 is 0. The first kappa shape index (κ1) is 20.4. The fourth-order valence-corrected chi connectivity index (χ4v) is 4.57. The molecule has 0 saturated carbocycles. The molecule has 2 amide bonds. The van der Waals surface area contributed by atoms with E-state index in [1.54, 1.807) is 11.0 Å². The van der Waals surface area contributed by atoms with Crippen LogP contribution in [0.3, 0.4) is 0 Å². The summed E-state index contributed by atoms with van der Waals surface area (Å²) in [6.45, 7) is 3.79. The van der Waals surface area contributed by atoms with E-state index in [9.17, 15) is 18.0 Å². The molecular weight excluding hydrogens is 386 g/mol. The summed E-state index contributed by atoms with van der Waals surface area (Å²) in [5.74, 6) is 0.705. The minimum absolute atomic E-state index is 0.0959. The van der Waals surface area contributed by atoms with Crippen LogP contribution in [0.5, 0.6) is 11.5 Å². The number of sulfonamides is 1. The lowest BCUT2D eigenvalue weighted by molar-refractivity contribution is -0.132. The minimum Gasteiger partial charge on any atom is -0.490 e. The Balaban J connectivity index is 1.61. The van der Waals surface area contributed by atoms with Crippen molar-refractivity contribution >= 4 is 21.8 Å². The molecule has 3 rings (SSSR count). The Kier molecular flexibility index (Phi) is 6.40. The molecule has 2 heterocycles. The monoisotopic (exact) mass is 411 g/mol. The van der Waals surface area contributed by atoms with Gasteiger partial charge in [0.05, 0.1) is 18.1 Å². The number of ether oxygens (including phenoxy) is 2. The average molecular weight is 411 g/mol. The zero-order valence-corrected chi connectivity index (χ0v) is 16.7. The Labute approximate surface area is 164 Å². The van der Waals surface area contributed by atoms with E-state index in [1.807, 2.05) is 0 Å². The summed E-state index contributed by atoms with van der Waals surface area (Å²) in [6.07, 6.45) is 0.948. The van der Waals surface area contributed by atoms with Crippen LogP contribution in [0.2, 0.25) is 0 Å². The molecule has 1 N–H and O–H groups in total. The van der Waals surface area contributed by atoms with Crippen molar-refractivity contribution in [3.63, 3.8) is 0 Å². The second-order valence-electron chi connectivity index (χ2n) is 6.68. The third-order valence-corrected chi connectivity index (χ3v) is 6.56. The Morgan fingerprint density at radius 3 is 2.43 bits per heavy atom. The van der Waals surface area contributed by atoms with Gasteiger partial charge in [0.2, 0.25) is 21.8 Å². The number of fused-ring (bicyclic) bond motifs is 1. The lowest BCUT2D eigenvalue weighted by atomic mass is 10.3. The topological polar surface area (TPSA) is 105 Å². The maximum Gasteiger partial charge on any atom is 0.243 e. The number of nitrogens with one attached hydrogen (secondary N) is 1. The van der Waals surface area contributed by atoms with Crippen molar-refractivity contribution in [2.45, 2.75) is 24.7 Å². The molecule has 154 valence electrons. The number of carbonyl (C=O) groups excluding carboxylic acids is 2. The SMILES string of the molecule is CC(=O)NCCC(=O)N1CCN(S(=O)(=O)c2ccc3c(c2)OCCCO3)CC1. The van der Waals surface area contributed by atoms with Gasteiger partial charge in [-0.1, -0.05) is 0 Å². The third-order valence-electron chi connectivity index (χ3n) is 4.66. The predicted octanol–water partition coefficient (Wildman–Crippen LogP) is 0.207. The summed E-state index contributed by atoms with van der Waals surface area (Å²) in [4.78, 5) is 24.8. The van der Waals surface area contributed by atoms with Crippen LogP contribution in [0.1, 0.15) is 19.8 Å². The fraction of sp³-hybridized carbons (Fsp3) is 0.556. The highest BCUT2D eigenvalue weighted by molar-refractivity contribution is 7.89. The van der Waals surface area contributed by atoms with Gasteiger partial charge in [-0.2, -0.15) is 4.31 Å². The van der Waals surface area contributed by atoms with Crippen molar-refractivity contribution in [2.24, 2.45) is 0 Å². The largest absolute Gasteiger partial charge is 0.490 e. The van der Waals surface area contributed by atoms with Crippen LogP contribution in [0.15, 0.2) is 23.1 Å². The minimum atomic E-state index is -3.68. The summed E-state index contributed by atoms with van der Waals surface area (Å²) in [5.41, 5.74) is 0. The molecule has 10 heteroatoms. The molecule has 1 fully saturated rings. The molecule has 0 atom stereocenters. The van der Waals surface area contributed by atoms with E-state index < -0.39 is 10.0 Å². The molecular formula is C18H25N3O6S. The zero-order valence-electron chi connectivity index (χ0n) is 15.8. The molecule has 0 bridgehead atoms.